The van der Waals surface area contributed by atoms with E-state index in [0.29, 0.717) is 34.4 Å². The van der Waals surface area contributed by atoms with Gasteiger partial charge in [0.1, 0.15) is 5.82 Å². The molecule has 4 N–H and O–H groups in total. The molecule has 0 fully saturated rings. The van der Waals surface area contributed by atoms with Gasteiger partial charge in [-0.25, -0.2) is 4.98 Å². The lowest BCUT2D eigenvalue weighted by Crippen LogP contribution is -2.23. The Morgan fingerprint density at radius 3 is 2.85 bits per heavy atom. The number of nitrogens with zero attached hydrogens (tertiary/aromatic N) is 3. The Labute approximate surface area is 153 Å². The predicted octanol–water partition coefficient (Wildman–Crippen LogP) is 2.89. The molecule has 0 unspecified atom stereocenters. The van der Waals surface area contributed by atoms with E-state index < -0.39 is 0 Å². The second-order valence-corrected chi connectivity index (χ2v) is 6.14. The van der Waals surface area contributed by atoms with E-state index in [-0.39, 0.29) is 5.91 Å². The lowest BCUT2D eigenvalue weighted by molar-refractivity contribution is 0.0951. The molecule has 26 heavy (non-hydrogen) atoms. The van der Waals surface area contributed by atoms with Gasteiger partial charge in [0.25, 0.3) is 5.91 Å². The van der Waals surface area contributed by atoms with Gasteiger partial charge >= 0.3 is 0 Å². The topological polar surface area (TPSA) is 101 Å². The van der Waals surface area contributed by atoms with Crippen molar-refractivity contribution >= 4 is 29.0 Å². The fourth-order valence-electron chi connectivity index (χ4n) is 2.64. The number of nitrogen functional groups attached to an aromatic ring is 1. The van der Waals surface area contributed by atoms with E-state index in [0.717, 1.165) is 11.3 Å². The number of benzene rings is 1. The number of fused-ring (bicyclic) bond motifs is 1. The number of nitrogens with two attached hydrogens (primary N) is 1. The first-order chi connectivity index (χ1) is 12.6. The van der Waals surface area contributed by atoms with Crippen LogP contribution in [-0.2, 0) is 6.54 Å². The van der Waals surface area contributed by atoms with E-state index in [2.05, 4.69) is 20.4 Å². The summed E-state index contributed by atoms with van der Waals surface area (Å²) in [5, 5.41) is 7.81. The van der Waals surface area contributed by atoms with Gasteiger partial charge in [0, 0.05) is 23.3 Å². The fraction of sp³-hybridized carbons (Fsp3) is 0.0556. The fourth-order valence-corrected chi connectivity index (χ4v) is 2.85. The first-order valence-corrected chi connectivity index (χ1v) is 8.31. The number of aromatic amines is 1. The second kappa shape index (κ2) is 6.53. The van der Waals surface area contributed by atoms with Crippen molar-refractivity contribution in [1.82, 2.24) is 24.9 Å². The molecule has 1 aromatic carbocycles. The highest BCUT2D eigenvalue weighted by Gasteiger charge is 2.14. The molecular weight excluding hydrogens is 352 g/mol. The van der Waals surface area contributed by atoms with Crippen LogP contribution in [0.1, 0.15) is 15.9 Å². The van der Waals surface area contributed by atoms with E-state index in [4.69, 9.17) is 17.3 Å². The maximum Gasteiger partial charge on any atom is 0.251 e. The average molecular weight is 367 g/mol. The number of amides is 1. The predicted molar refractivity (Wildman–Crippen MR) is 99.8 cm³/mol. The second-order valence-electron chi connectivity index (χ2n) is 5.73. The Hall–Kier alpha value is -3.32. The Balaban J connectivity index is 1.60. The third-order valence-electron chi connectivity index (χ3n) is 3.96. The number of carbonyl (C=O) groups excluding carboxylic acids is 1. The molecule has 0 atom stereocenters. The Kier molecular flexibility index (Phi) is 4.06. The zero-order valence-corrected chi connectivity index (χ0v) is 14.4. The van der Waals surface area contributed by atoms with Crippen molar-refractivity contribution in [2.75, 3.05) is 5.73 Å². The standard InChI is InChI=1S/C18H15ClN6O/c19-13-5-2-1-4-11(13)10-22-18(26)12-8-15(20)25-16(9-12)23-17(24-25)14-6-3-7-21-14/h1-9,21H,10,20H2,(H,22,26). The molecule has 0 aliphatic heterocycles. The van der Waals surface area contributed by atoms with Crippen LogP contribution in [0.15, 0.2) is 54.7 Å². The monoisotopic (exact) mass is 366 g/mol. The number of carbonyl (C=O) groups is 1. The van der Waals surface area contributed by atoms with E-state index in [1.807, 2.05) is 30.3 Å². The van der Waals surface area contributed by atoms with Crippen molar-refractivity contribution in [2.24, 2.45) is 0 Å². The molecule has 4 rings (SSSR count). The highest BCUT2D eigenvalue weighted by molar-refractivity contribution is 6.31. The Morgan fingerprint density at radius 1 is 1.23 bits per heavy atom. The van der Waals surface area contributed by atoms with Gasteiger partial charge < -0.3 is 16.0 Å². The number of pyridine rings is 1. The van der Waals surface area contributed by atoms with Crippen LogP contribution in [0.3, 0.4) is 0 Å². The summed E-state index contributed by atoms with van der Waals surface area (Å²) in [5.74, 6) is 0.578. The van der Waals surface area contributed by atoms with Crippen molar-refractivity contribution < 1.29 is 4.79 Å². The number of halogens is 1. The molecule has 4 aromatic rings. The van der Waals surface area contributed by atoms with Gasteiger partial charge in [0.15, 0.2) is 11.5 Å². The lowest BCUT2D eigenvalue weighted by atomic mass is 10.2. The minimum absolute atomic E-state index is 0.261. The van der Waals surface area contributed by atoms with Gasteiger partial charge in [-0.3, -0.25) is 4.79 Å². The molecule has 0 aliphatic carbocycles. The largest absolute Gasteiger partial charge is 0.384 e. The van der Waals surface area contributed by atoms with Crippen LogP contribution in [-0.4, -0.2) is 25.5 Å². The molecule has 7 nitrogen and oxygen atoms in total. The molecule has 0 radical (unpaired) electrons. The zero-order valence-electron chi connectivity index (χ0n) is 13.6. The van der Waals surface area contributed by atoms with Crippen LogP contribution >= 0.6 is 11.6 Å². The van der Waals surface area contributed by atoms with Crippen molar-refractivity contribution in [2.45, 2.75) is 6.54 Å². The maximum atomic E-state index is 12.5. The average Bonchev–Trinajstić information content (AvgIpc) is 3.30. The van der Waals surface area contributed by atoms with E-state index in [1.165, 1.54) is 4.52 Å². The first-order valence-electron chi connectivity index (χ1n) is 7.93. The van der Waals surface area contributed by atoms with Crippen LogP contribution in [0.4, 0.5) is 5.82 Å². The molecule has 3 heterocycles. The third-order valence-corrected chi connectivity index (χ3v) is 4.33. The summed E-state index contributed by atoms with van der Waals surface area (Å²) in [5.41, 5.74) is 8.57. The van der Waals surface area contributed by atoms with Crippen molar-refractivity contribution in [3.63, 3.8) is 0 Å². The minimum Gasteiger partial charge on any atom is -0.384 e. The van der Waals surface area contributed by atoms with Gasteiger partial charge in [-0.1, -0.05) is 29.8 Å². The summed E-state index contributed by atoms with van der Waals surface area (Å²) in [7, 11) is 0. The number of aromatic nitrogens is 4. The summed E-state index contributed by atoms with van der Waals surface area (Å²) >= 11 is 6.11. The lowest BCUT2D eigenvalue weighted by Gasteiger charge is -2.08. The van der Waals surface area contributed by atoms with Gasteiger partial charge in [0.05, 0.1) is 5.69 Å². The number of nitrogens with one attached hydrogen (secondary N) is 2. The molecule has 0 spiro atoms. The maximum absolute atomic E-state index is 12.5. The van der Waals surface area contributed by atoms with Crippen molar-refractivity contribution in [3.8, 4) is 11.5 Å². The summed E-state index contributed by atoms with van der Waals surface area (Å²) in [6.45, 7) is 0.323. The molecule has 0 bridgehead atoms. The summed E-state index contributed by atoms with van der Waals surface area (Å²) in [4.78, 5) is 20.0. The smallest absolute Gasteiger partial charge is 0.251 e. The molecule has 130 valence electrons. The van der Waals surface area contributed by atoms with Gasteiger partial charge in [-0.15, -0.1) is 5.10 Å². The molecule has 1 amide bonds. The van der Waals surface area contributed by atoms with Crippen LogP contribution in [0.25, 0.3) is 17.2 Å². The summed E-state index contributed by atoms with van der Waals surface area (Å²) < 4.78 is 1.50. The normalized spacial score (nSPS) is 11.0. The Morgan fingerprint density at radius 2 is 2.08 bits per heavy atom. The minimum atomic E-state index is -0.261. The van der Waals surface area contributed by atoms with Crippen LogP contribution in [0.2, 0.25) is 5.02 Å². The van der Waals surface area contributed by atoms with E-state index >= 15 is 0 Å². The molecular formula is C18H15ClN6O. The summed E-state index contributed by atoms with van der Waals surface area (Å²) in [6, 6.07) is 14.3. The van der Waals surface area contributed by atoms with E-state index in [9.17, 15) is 4.79 Å². The highest BCUT2D eigenvalue weighted by atomic mass is 35.5. The number of H-pyrrole nitrogens is 1. The highest BCUT2D eigenvalue weighted by Crippen LogP contribution is 2.18. The van der Waals surface area contributed by atoms with Crippen LogP contribution < -0.4 is 11.1 Å². The zero-order chi connectivity index (χ0) is 18.1. The molecule has 0 saturated heterocycles. The number of anilines is 1. The number of hydrogen-bond donors (Lipinski definition) is 3. The quantitative estimate of drug-likeness (QED) is 0.517. The number of hydrogen-bond acceptors (Lipinski definition) is 4. The van der Waals surface area contributed by atoms with Crippen molar-refractivity contribution in [3.05, 3.63) is 70.9 Å². The molecule has 8 heteroatoms. The molecule has 0 saturated carbocycles. The van der Waals surface area contributed by atoms with E-state index in [1.54, 1.807) is 24.4 Å². The molecule has 0 aliphatic rings. The van der Waals surface area contributed by atoms with Crippen molar-refractivity contribution in [1.29, 1.82) is 0 Å². The Bertz CT molecular complexity index is 1090. The van der Waals surface area contributed by atoms with Gasteiger partial charge in [-0.05, 0) is 35.9 Å². The van der Waals surface area contributed by atoms with Crippen LogP contribution in [0, 0.1) is 0 Å². The third kappa shape index (κ3) is 3.00. The van der Waals surface area contributed by atoms with Gasteiger partial charge in [-0.2, -0.15) is 4.52 Å². The molecule has 3 aromatic heterocycles. The number of rotatable bonds is 4. The van der Waals surface area contributed by atoms with Crippen LogP contribution in [0.5, 0.6) is 0 Å². The SMILES string of the molecule is Nc1cc(C(=O)NCc2ccccc2Cl)cc2nc(-c3ccc[nH]3)nn12. The summed E-state index contributed by atoms with van der Waals surface area (Å²) in [6.07, 6.45) is 1.79. The first kappa shape index (κ1) is 16.2. The van der Waals surface area contributed by atoms with Gasteiger partial charge in [0.2, 0.25) is 0 Å².